The Bertz CT molecular complexity index is 1190. The van der Waals surface area contributed by atoms with E-state index >= 15 is 0 Å². The van der Waals surface area contributed by atoms with E-state index < -0.39 is 37.4 Å². The van der Waals surface area contributed by atoms with E-state index in [0.717, 1.165) is 39.9 Å². The van der Waals surface area contributed by atoms with E-state index in [2.05, 4.69) is 59.1 Å². The minimum absolute atomic E-state index is 0.0430. The molecule has 7 atom stereocenters. The summed E-state index contributed by atoms with van der Waals surface area (Å²) < 4.78 is 32.5. The third-order valence-corrected chi connectivity index (χ3v) is 10.8. The second-order valence-corrected chi connectivity index (χ2v) is 14.3. The van der Waals surface area contributed by atoms with Gasteiger partial charge < -0.3 is 30.0 Å². The lowest BCUT2D eigenvalue weighted by Crippen LogP contribution is -2.55. The highest BCUT2D eigenvalue weighted by molar-refractivity contribution is 7.48. The summed E-state index contributed by atoms with van der Waals surface area (Å²) in [6.07, 6.45) is 2.97. The van der Waals surface area contributed by atoms with Crippen LogP contribution < -0.4 is 15.6 Å². The summed E-state index contributed by atoms with van der Waals surface area (Å²) in [4.78, 5) is 44.4. The molecule has 2 amide bonds. The zero-order chi connectivity index (χ0) is 36.7. The fourth-order valence-electron chi connectivity index (χ4n) is 6.10. The van der Waals surface area contributed by atoms with Crippen molar-refractivity contribution in [2.75, 3.05) is 27.4 Å². The largest absolute Gasteiger partial charge is 0.585 e. The van der Waals surface area contributed by atoms with Crippen molar-refractivity contribution in [1.82, 2.24) is 5.32 Å². The summed E-state index contributed by atoms with van der Waals surface area (Å²) in [5.41, 5.74) is 4.21. The van der Waals surface area contributed by atoms with E-state index in [4.69, 9.17) is 20.1 Å². The number of hydrogen-bond donors (Lipinski definition) is 4. The third-order valence-electron chi connectivity index (χ3n) is 9.71. The molecule has 0 saturated heterocycles. The summed E-state index contributed by atoms with van der Waals surface area (Å²) in [6.45, 7) is 14.5. The van der Waals surface area contributed by atoms with Gasteiger partial charge in [0, 0.05) is 23.9 Å². The maximum absolute atomic E-state index is 13.0. The Labute approximate surface area is 284 Å². The van der Waals surface area contributed by atoms with Gasteiger partial charge in [-0.25, -0.2) is 19.1 Å². The molecule has 15 heteroatoms. The molecule has 0 aromatic heterocycles. The number of phosphoric acid groups is 1. The van der Waals surface area contributed by atoms with Crippen LogP contribution in [0.3, 0.4) is 0 Å². The molecule has 0 radical (unpaired) electrons. The minimum atomic E-state index is -4.21. The van der Waals surface area contributed by atoms with Crippen LogP contribution in [0.2, 0.25) is 0 Å². The number of ether oxygens (including phenoxy) is 1. The van der Waals surface area contributed by atoms with Crippen LogP contribution in [0.15, 0.2) is 24.3 Å². The first-order valence-electron chi connectivity index (χ1n) is 16.3. The van der Waals surface area contributed by atoms with Crippen LogP contribution in [0, 0.1) is 28.6 Å². The van der Waals surface area contributed by atoms with E-state index in [1.165, 1.54) is 24.3 Å². The third kappa shape index (κ3) is 12.5. The number of ketones is 1. The lowest BCUT2D eigenvalue weighted by atomic mass is 9.53. The molecule has 2 bridgehead atoms. The van der Waals surface area contributed by atoms with Gasteiger partial charge >= 0.3 is 13.9 Å². The smallest absolute Gasteiger partial charge is 0.445 e. The zero-order valence-corrected chi connectivity index (χ0v) is 30.7. The van der Waals surface area contributed by atoms with Crippen molar-refractivity contribution in [1.29, 1.82) is 0 Å². The molecule has 0 heterocycles. The van der Waals surface area contributed by atoms with Gasteiger partial charge in [-0.1, -0.05) is 41.5 Å². The Balaban J connectivity index is 0.00000113. The summed E-state index contributed by atoms with van der Waals surface area (Å²) in [6, 6.07) is 5.44. The van der Waals surface area contributed by atoms with Gasteiger partial charge in [0.2, 0.25) is 0 Å². The molecule has 2 saturated carbocycles. The predicted octanol–water partition coefficient (Wildman–Crippen LogP) is 5.75. The predicted molar refractivity (Wildman–Crippen MR) is 179 cm³/mol. The van der Waals surface area contributed by atoms with Gasteiger partial charge in [-0.3, -0.25) is 10.1 Å². The Kier molecular flexibility index (Phi) is 18.4. The van der Waals surface area contributed by atoms with Crippen molar-refractivity contribution >= 4 is 25.6 Å². The van der Waals surface area contributed by atoms with E-state index in [0.29, 0.717) is 31.2 Å². The number of Topliss-reactive ketones (excluding diaryl/α,β-unsaturated/α-hetero) is 1. The minimum Gasteiger partial charge on any atom is -0.445 e. The van der Waals surface area contributed by atoms with E-state index in [1.54, 1.807) is 6.92 Å². The number of fused-ring (bicyclic) bond motifs is 2. The molecule has 3 rings (SSSR count). The fourth-order valence-corrected chi connectivity index (χ4v) is 6.94. The lowest BCUT2D eigenvalue weighted by Gasteiger charge is -2.55. The van der Waals surface area contributed by atoms with Gasteiger partial charge in [-0.2, -0.15) is 0 Å². The van der Waals surface area contributed by atoms with Gasteiger partial charge in [0.15, 0.2) is 0 Å². The van der Waals surface area contributed by atoms with E-state index in [1.807, 2.05) is 6.92 Å². The van der Waals surface area contributed by atoms with Gasteiger partial charge in [0.1, 0.15) is 17.6 Å². The highest BCUT2D eigenvalue weighted by atomic mass is 31.2. The monoisotopic (exact) mass is 704 g/mol. The molecule has 2 fully saturated rings. The van der Waals surface area contributed by atoms with Crippen LogP contribution in [-0.4, -0.2) is 67.6 Å². The second-order valence-electron chi connectivity index (χ2n) is 12.9. The van der Waals surface area contributed by atoms with Crippen LogP contribution in [0.1, 0.15) is 97.3 Å². The molecule has 2 aliphatic carbocycles. The molecule has 2 aliphatic rings. The Morgan fingerprint density at radius 2 is 1.56 bits per heavy atom. The number of nitrogens with two attached hydrogens (primary N) is 1. The van der Waals surface area contributed by atoms with Gasteiger partial charge in [-0.15, -0.1) is 9.35 Å². The maximum Gasteiger partial charge on any atom is 0.585 e. The molecule has 1 aromatic carbocycles. The number of aliphatic hydroxyl groups is 2. The second kappa shape index (κ2) is 20.3. The van der Waals surface area contributed by atoms with Crippen molar-refractivity contribution in [3.8, 4) is 5.75 Å². The highest BCUT2D eigenvalue weighted by Gasteiger charge is 2.53. The maximum atomic E-state index is 13.0. The molecule has 0 spiro atoms. The van der Waals surface area contributed by atoms with Crippen LogP contribution in [0.4, 0.5) is 4.79 Å². The number of carbonyl (C=O) groups is 3. The zero-order valence-electron chi connectivity index (χ0n) is 29.9. The Morgan fingerprint density at radius 1 is 1.02 bits per heavy atom. The van der Waals surface area contributed by atoms with Gasteiger partial charge in [-0.05, 0) is 86.5 Å². The molecular weight excluding hydrogens is 647 g/mol. The van der Waals surface area contributed by atoms with Crippen molar-refractivity contribution in [3.63, 3.8) is 0 Å². The van der Waals surface area contributed by atoms with Crippen LogP contribution in [-0.2, 0) is 33.2 Å². The highest BCUT2D eigenvalue weighted by Crippen LogP contribution is 2.56. The van der Waals surface area contributed by atoms with Crippen LogP contribution >= 0.6 is 7.82 Å². The van der Waals surface area contributed by atoms with Crippen molar-refractivity contribution in [3.05, 3.63) is 29.8 Å². The van der Waals surface area contributed by atoms with Crippen molar-refractivity contribution in [2.45, 2.75) is 99.2 Å². The van der Waals surface area contributed by atoms with Crippen LogP contribution in [0.5, 0.6) is 5.75 Å². The molecule has 276 valence electrons. The van der Waals surface area contributed by atoms with Crippen molar-refractivity contribution in [2.24, 2.45) is 34.3 Å². The van der Waals surface area contributed by atoms with E-state index in [9.17, 15) is 24.1 Å². The quantitative estimate of drug-likeness (QED) is 0.123. The normalized spacial score (nSPS) is 28.2. The molecular formula is C33H57N2O12P. The SMILES string of the molecule is CCC(C)=O.CC[C@]1(C)C[C@@H](OC(=O)NC(=O)c2ccc(OP(=O)(OOC)OOC)cc2)[C@@]2(C)CC(CCC2C)[C@@H](C)C1O.NCCO. The number of imide groups is 1. The Hall–Kier alpha value is -2.42. The van der Waals surface area contributed by atoms with E-state index in [-0.39, 0.29) is 35.0 Å². The first-order chi connectivity index (χ1) is 22.5. The molecule has 1 aromatic rings. The fraction of sp³-hybridized carbons (Fsp3) is 0.727. The van der Waals surface area contributed by atoms with Crippen molar-refractivity contribution < 1.29 is 57.5 Å². The average molecular weight is 705 g/mol. The molecule has 3 unspecified atom stereocenters. The standard InChI is InChI=1S/C27H42NO10P.C4H8O.C2H7NO/c1-8-26(4)16-22(27(5)15-20(10-9-17(27)2)18(3)23(26)29)35-25(31)28-24(30)19-11-13-21(14-12-19)36-39(32,37-33-6)38-34-7;1-3-4(2)5;3-1-2-4/h11-14,17-18,20,22-23,29H,8-10,15-16H2,1-7H3,(H,28,30,31);3H2,1-2H3;4H,1-3H2/t17?,18-,20?,22-,23?,26-,27+;;/m1../s1. The molecule has 5 N–H and O–H groups in total. The summed E-state index contributed by atoms with van der Waals surface area (Å²) in [7, 11) is -1.96. The summed E-state index contributed by atoms with van der Waals surface area (Å²) >= 11 is 0. The first kappa shape index (κ1) is 43.6. The van der Waals surface area contributed by atoms with Crippen LogP contribution in [0.25, 0.3) is 0 Å². The topological polar surface area (TPSA) is 202 Å². The number of aliphatic hydroxyl groups excluding tert-OH is 2. The number of rotatable bonds is 11. The molecule has 0 aliphatic heterocycles. The van der Waals surface area contributed by atoms with Gasteiger partial charge in [0.25, 0.3) is 5.91 Å². The summed E-state index contributed by atoms with van der Waals surface area (Å²) in [5, 5.41) is 21.4. The number of amides is 2. The number of hydrogen-bond acceptors (Lipinski definition) is 13. The molecule has 14 nitrogen and oxygen atoms in total. The number of benzene rings is 1. The molecule has 48 heavy (non-hydrogen) atoms. The number of alkyl carbamates (subject to hydrolysis) is 1. The average Bonchev–Trinajstić information content (AvgIpc) is 3.05. The lowest BCUT2D eigenvalue weighted by molar-refractivity contribution is -0.253. The number of nitrogens with one attached hydrogen (secondary N) is 1. The van der Waals surface area contributed by atoms with Gasteiger partial charge in [0.05, 0.1) is 26.9 Å². The summed E-state index contributed by atoms with van der Waals surface area (Å²) in [5.74, 6) is 0.433. The number of carbonyl (C=O) groups excluding carboxylic acids is 3. The Morgan fingerprint density at radius 3 is 2.02 bits per heavy atom. The first-order valence-corrected chi connectivity index (χ1v) is 17.8.